The summed E-state index contributed by atoms with van der Waals surface area (Å²) in [4.78, 5) is 4.02. The van der Waals surface area contributed by atoms with Gasteiger partial charge < -0.3 is 9.67 Å². The highest BCUT2D eigenvalue weighted by atomic mass is 19.4. The zero-order chi connectivity index (χ0) is 14.0. The molecule has 1 aliphatic rings. The van der Waals surface area contributed by atoms with Crippen LogP contribution < -0.4 is 0 Å². The van der Waals surface area contributed by atoms with Gasteiger partial charge >= 0.3 is 6.18 Å². The van der Waals surface area contributed by atoms with Crippen LogP contribution in [0.2, 0.25) is 0 Å². The van der Waals surface area contributed by atoms with E-state index in [1.807, 2.05) is 6.92 Å². The highest BCUT2D eigenvalue weighted by Gasteiger charge is 2.48. The summed E-state index contributed by atoms with van der Waals surface area (Å²) >= 11 is 0. The Labute approximate surface area is 110 Å². The third kappa shape index (κ3) is 2.94. The minimum absolute atomic E-state index is 0.109. The van der Waals surface area contributed by atoms with Gasteiger partial charge in [0.1, 0.15) is 11.9 Å². The summed E-state index contributed by atoms with van der Waals surface area (Å²) in [5.74, 6) is -1.84. The Morgan fingerprint density at radius 1 is 1.42 bits per heavy atom. The van der Waals surface area contributed by atoms with E-state index in [1.165, 1.54) is 6.20 Å². The number of aliphatic hydroxyl groups is 1. The van der Waals surface area contributed by atoms with Crippen molar-refractivity contribution in [1.29, 1.82) is 0 Å². The lowest BCUT2D eigenvalue weighted by Crippen LogP contribution is -2.36. The van der Waals surface area contributed by atoms with Gasteiger partial charge in [-0.25, -0.2) is 4.98 Å². The Bertz CT molecular complexity index is 416. The molecule has 1 aromatic rings. The quantitative estimate of drug-likeness (QED) is 0.919. The molecule has 0 saturated heterocycles. The Morgan fingerprint density at radius 3 is 2.74 bits per heavy atom. The fraction of sp³-hybridized carbons (Fsp3) is 0.769. The maximum atomic E-state index is 13.0. The van der Waals surface area contributed by atoms with Crippen molar-refractivity contribution < 1.29 is 18.3 Å². The van der Waals surface area contributed by atoms with E-state index in [-0.39, 0.29) is 6.42 Å². The van der Waals surface area contributed by atoms with Gasteiger partial charge in [-0.2, -0.15) is 13.2 Å². The lowest BCUT2D eigenvalue weighted by molar-refractivity contribution is -0.207. The van der Waals surface area contributed by atoms with Crippen LogP contribution in [0.1, 0.15) is 44.5 Å². The van der Waals surface area contributed by atoms with Crippen LogP contribution in [-0.4, -0.2) is 20.8 Å². The van der Waals surface area contributed by atoms with Crippen molar-refractivity contribution in [2.75, 3.05) is 0 Å². The van der Waals surface area contributed by atoms with E-state index in [2.05, 4.69) is 4.98 Å². The van der Waals surface area contributed by atoms with Crippen LogP contribution in [0.25, 0.3) is 0 Å². The van der Waals surface area contributed by atoms with Crippen LogP contribution in [0.5, 0.6) is 0 Å². The molecule has 0 aromatic carbocycles. The minimum Gasteiger partial charge on any atom is -0.385 e. The van der Waals surface area contributed by atoms with Crippen LogP contribution in [0.3, 0.4) is 0 Å². The predicted octanol–water partition coefficient (Wildman–Crippen LogP) is 3.31. The van der Waals surface area contributed by atoms with Crippen molar-refractivity contribution in [1.82, 2.24) is 9.55 Å². The third-order valence-electron chi connectivity index (χ3n) is 4.00. The SMILES string of the molecule is CCn1ccnc1C(O)C1CCCCC1C(F)(F)F. The first-order chi connectivity index (χ1) is 8.95. The largest absolute Gasteiger partial charge is 0.392 e. The molecule has 3 nitrogen and oxygen atoms in total. The van der Waals surface area contributed by atoms with Crippen molar-refractivity contribution in [3.8, 4) is 0 Å². The van der Waals surface area contributed by atoms with Gasteiger partial charge in [-0.3, -0.25) is 0 Å². The first-order valence-corrected chi connectivity index (χ1v) is 6.71. The van der Waals surface area contributed by atoms with Crippen LogP contribution in [-0.2, 0) is 6.54 Å². The van der Waals surface area contributed by atoms with Crippen LogP contribution >= 0.6 is 0 Å². The summed E-state index contributed by atoms with van der Waals surface area (Å²) in [7, 11) is 0. The van der Waals surface area contributed by atoms with Crippen LogP contribution in [0, 0.1) is 11.8 Å². The van der Waals surface area contributed by atoms with Crippen LogP contribution in [0.4, 0.5) is 13.2 Å². The minimum atomic E-state index is -4.24. The fourth-order valence-corrected chi connectivity index (χ4v) is 2.99. The number of nitrogens with zero attached hydrogens (tertiary/aromatic N) is 2. The zero-order valence-corrected chi connectivity index (χ0v) is 10.9. The van der Waals surface area contributed by atoms with E-state index in [0.717, 1.165) is 6.42 Å². The Kier molecular flexibility index (Phi) is 4.18. The molecule has 108 valence electrons. The highest BCUT2D eigenvalue weighted by molar-refractivity contribution is 5.01. The van der Waals surface area contributed by atoms with Crippen molar-refractivity contribution in [2.45, 2.75) is 51.4 Å². The van der Waals surface area contributed by atoms with Crippen molar-refractivity contribution in [3.63, 3.8) is 0 Å². The molecule has 0 amide bonds. The number of alkyl halides is 3. The molecule has 2 rings (SSSR count). The smallest absolute Gasteiger partial charge is 0.385 e. The van der Waals surface area contributed by atoms with Gasteiger partial charge in [0, 0.05) is 24.9 Å². The van der Waals surface area contributed by atoms with E-state index in [9.17, 15) is 18.3 Å². The molecule has 0 aliphatic heterocycles. The molecule has 1 saturated carbocycles. The van der Waals surface area contributed by atoms with Gasteiger partial charge in [-0.1, -0.05) is 12.8 Å². The lowest BCUT2D eigenvalue weighted by Gasteiger charge is -2.35. The number of rotatable bonds is 3. The normalized spacial score (nSPS) is 26.4. The second kappa shape index (κ2) is 5.53. The van der Waals surface area contributed by atoms with Crippen LogP contribution in [0.15, 0.2) is 12.4 Å². The monoisotopic (exact) mass is 276 g/mol. The Morgan fingerprint density at radius 2 is 2.11 bits per heavy atom. The summed E-state index contributed by atoms with van der Waals surface area (Å²) in [6.45, 7) is 2.47. The average molecular weight is 276 g/mol. The fourth-order valence-electron chi connectivity index (χ4n) is 2.99. The number of halogens is 3. The molecular weight excluding hydrogens is 257 g/mol. The average Bonchev–Trinajstić information content (AvgIpc) is 2.85. The number of aromatic nitrogens is 2. The molecule has 3 unspecified atom stereocenters. The molecule has 0 bridgehead atoms. The molecular formula is C13H19F3N2O. The number of aryl methyl sites for hydroxylation is 1. The zero-order valence-electron chi connectivity index (χ0n) is 10.9. The number of aliphatic hydroxyl groups excluding tert-OH is 1. The van der Waals surface area contributed by atoms with Crippen molar-refractivity contribution in [2.24, 2.45) is 11.8 Å². The highest BCUT2D eigenvalue weighted by Crippen LogP contribution is 2.46. The van der Waals surface area contributed by atoms with E-state index in [0.29, 0.717) is 25.2 Å². The van der Waals surface area contributed by atoms with Gasteiger partial charge in [0.2, 0.25) is 0 Å². The second-order valence-electron chi connectivity index (χ2n) is 5.11. The summed E-state index contributed by atoms with van der Waals surface area (Å²) in [6, 6.07) is 0. The second-order valence-corrected chi connectivity index (χ2v) is 5.11. The topological polar surface area (TPSA) is 38.0 Å². The summed E-state index contributed by atoms with van der Waals surface area (Å²) in [5.41, 5.74) is 0. The van der Waals surface area contributed by atoms with Gasteiger partial charge in [-0.15, -0.1) is 0 Å². The van der Waals surface area contributed by atoms with E-state index in [4.69, 9.17) is 0 Å². The molecule has 0 radical (unpaired) electrons. The van der Waals surface area contributed by atoms with Gasteiger partial charge in [-0.05, 0) is 19.8 Å². The first kappa shape index (κ1) is 14.4. The standard InChI is InChI=1S/C13H19F3N2O/c1-2-18-8-7-17-12(18)11(19)9-5-3-4-6-10(9)13(14,15)16/h7-11,19H,2-6H2,1H3. The molecule has 6 heteroatoms. The molecule has 1 heterocycles. The molecule has 1 aliphatic carbocycles. The molecule has 3 atom stereocenters. The number of hydrogen-bond donors (Lipinski definition) is 1. The molecule has 1 aromatic heterocycles. The summed E-state index contributed by atoms with van der Waals surface area (Å²) < 4.78 is 40.8. The van der Waals surface area contributed by atoms with Gasteiger partial charge in [0.25, 0.3) is 0 Å². The predicted molar refractivity (Wildman–Crippen MR) is 64.4 cm³/mol. The van der Waals surface area contributed by atoms with E-state index in [1.54, 1.807) is 10.8 Å². The maximum absolute atomic E-state index is 13.0. The molecule has 1 fully saturated rings. The molecule has 19 heavy (non-hydrogen) atoms. The number of hydrogen-bond acceptors (Lipinski definition) is 2. The molecule has 1 N–H and O–H groups in total. The number of imidazole rings is 1. The summed E-state index contributed by atoms with van der Waals surface area (Å²) in [5, 5.41) is 10.3. The lowest BCUT2D eigenvalue weighted by atomic mass is 9.75. The third-order valence-corrected chi connectivity index (χ3v) is 4.00. The Balaban J connectivity index is 2.22. The Hall–Kier alpha value is -1.04. The van der Waals surface area contributed by atoms with Gasteiger partial charge in [0.15, 0.2) is 0 Å². The maximum Gasteiger partial charge on any atom is 0.392 e. The summed E-state index contributed by atoms with van der Waals surface area (Å²) in [6.07, 6.45) is -0.342. The van der Waals surface area contributed by atoms with E-state index < -0.39 is 24.1 Å². The van der Waals surface area contributed by atoms with Crippen molar-refractivity contribution >= 4 is 0 Å². The first-order valence-electron chi connectivity index (χ1n) is 6.71. The van der Waals surface area contributed by atoms with Gasteiger partial charge in [0.05, 0.1) is 5.92 Å². The molecule has 0 spiro atoms. The van der Waals surface area contributed by atoms with E-state index >= 15 is 0 Å². The van der Waals surface area contributed by atoms with Crippen molar-refractivity contribution in [3.05, 3.63) is 18.2 Å².